The summed E-state index contributed by atoms with van der Waals surface area (Å²) in [5.74, 6) is 0.775. The number of anilines is 2. The molecule has 3 aromatic rings. The highest BCUT2D eigenvalue weighted by Gasteiger charge is 2.31. The molecule has 0 radical (unpaired) electrons. The van der Waals surface area contributed by atoms with Crippen molar-refractivity contribution in [3.63, 3.8) is 0 Å². The van der Waals surface area contributed by atoms with Gasteiger partial charge in [0.1, 0.15) is 0 Å². The van der Waals surface area contributed by atoms with Gasteiger partial charge in [0.2, 0.25) is 5.95 Å². The van der Waals surface area contributed by atoms with Gasteiger partial charge in [-0.15, -0.1) is 0 Å². The van der Waals surface area contributed by atoms with E-state index in [9.17, 15) is 4.79 Å². The molecule has 0 spiro atoms. The fourth-order valence-corrected chi connectivity index (χ4v) is 5.44. The third-order valence-electron chi connectivity index (χ3n) is 7.90. The maximum atomic E-state index is 12.0. The highest BCUT2D eigenvalue weighted by Crippen LogP contribution is 2.32. The summed E-state index contributed by atoms with van der Waals surface area (Å²) in [4.78, 5) is 28.3. The molecule has 2 aliphatic heterocycles. The number of piperidine rings is 1. The van der Waals surface area contributed by atoms with Gasteiger partial charge in [0.25, 0.3) is 0 Å². The average Bonchev–Trinajstić information content (AvgIpc) is 3.27. The predicted octanol–water partition coefficient (Wildman–Crippen LogP) is 3.48. The van der Waals surface area contributed by atoms with Crippen molar-refractivity contribution in [2.24, 2.45) is 0 Å². The van der Waals surface area contributed by atoms with Crippen LogP contribution in [0.25, 0.3) is 11.1 Å². The van der Waals surface area contributed by atoms with E-state index < -0.39 is 0 Å². The molecule has 5 rings (SSSR count). The molecule has 0 bridgehead atoms. The SMILES string of the molecule is COC1(C)CCN(c2ncc(-c3ccccc3N3CCN(C(C=O)n4nc(C)cc4C)CC3)cn2)CC1. The van der Waals surface area contributed by atoms with Gasteiger partial charge >= 0.3 is 0 Å². The van der Waals surface area contributed by atoms with E-state index in [1.165, 1.54) is 5.69 Å². The maximum Gasteiger partial charge on any atom is 0.225 e. The van der Waals surface area contributed by atoms with Gasteiger partial charge in [-0.25, -0.2) is 14.6 Å². The van der Waals surface area contributed by atoms with E-state index in [2.05, 4.69) is 51.0 Å². The van der Waals surface area contributed by atoms with E-state index in [4.69, 9.17) is 14.7 Å². The number of aldehydes is 1. The van der Waals surface area contributed by atoms with Gasteiger partial charge in [-0.3, -0.25) is 9.69 Å². The van der Waals surface area contributed by atoms with Gasteiger partial charge in [-0.2, -0.15) is 5.10 Å². The topological polar surface area (TPSA) is 79.6 Å². The molecule has 0 amide bonds. The molecule has 0 saturated carbocycles. The van der Waals surface area contributed by atoms with Crippen LogP contribution >= 0.6 is 0 Å². The minimum absolute atomic E-state index is 0.0543. The number of nitrogens with zero attached hydrogens (tertiary/aromatic N) is 7. The summed E-state index contributed by atoms with van der Waals surface area (Å²) in [6.07, 6.45) is 6.44. The van der Waals surface area contributed by atoms with Gasteiger partial charge in [0.05, 0.1) is 11.3 Å². The van der Waals surface area contributed by atoms with Crippen LogP contribution in [-0.4, -0.2) is 82.9 Å². The van der Waals surface area contributed by atoms with E-state index >= 15 is 0 Å². The standard InChI is InChI=1S/C28H37N7O2/c1-21-17-22(2)35(31-21)26(20-36)33-15-13-32(14-16-33)25-8-6-5-7-24(25)23-18-29-27(30-19-23)34-11-9-28(3,37-4)10-12-34/h5-8,17-20,26H,9-16H2,1-4H3. The predicted molar refractivity (Wildman–Crippen MR) is 145 cm³/mol. The second-order valence-corrected chi connectivity index (χ2v) is 10.4. The summed E-state index contributed by atoms with van der Waals surface area (Å²) >= 11 is 0. The molecule has 9 nitrogen and oxygen atoms in total. The Balaban J connectivity index is 1.28. The van der Waals surface area contributed by atoms with Crippen molar-refractivity contribution in [1.29, 1.82) is 0 Å². The van der Waals surface area contributed by atoms with E-state index in [-0.39, 0.29) is 11.8 Å². The van der Waals surface area contributed by atoms with Crippen LogP contribution in [0.4, 0.5) is 11.6 Å². The minimum atomic E-state index is -0.372. The highest BCUT2D eigenvalue weighted by molar-refractivity contribution is 5.78. The van der Waals surface area contributed by atoms with Crippen LogP contribution in [-0.2, 0) is 9.53 Å². The first kappa shape index (κ1) is 25.4. The second-order valence-electron chi connectivity index (χ2n) is 10.4. The van der Waals surface area contributed by atoms with Gasteiger partial charge in [0.15, 0.2) is 12.5 Å². The molecule has 2 aromatic heterocycles. The molecule has 9 heteroatoms. The van der Waals surface area contributed by atoms with E-state index in [0.29, 0.717) is 0 Å². The lowest BCUT2D eigenvalue weighted by Crippen LogP contribution is -2.49. The van der Waals surface area contributed by atoms with E-state index in [1.54, 1.807) is 7.11 Å². The second kappa shape index (κ2) is 10.6. The molecule has 4 heterocycles. The molecule has 2 aliphatic rings. The van der Waals surface area contributed by atoms with Gasteiger partial charge in [0, 0.05) is 81.3 Å². The van der Waals surface area contributed by atoms with Gasteiger partial charge < -0.3 is 14.5 Å². The third kappa shape index (κ3) is 5.24. The Morgan fingerprint density at radius 1 is 0.973 bits per heavy atom. The molecule has 196 valence electrons. The van der Waals surface area contributed by atoms with Crippen molar-refractivity contribution in [2.75, 3.05) is 56.2 Å². The lowest BCUT2D eigenvalue weighted by Gasteiger charge is -2.39. The number of aromatic nitrogens is 4. The number of methoxy groups -OCH3 is 1. The van der Waals surface area contributed by atoms with Crippen molar-refractivity contribution in [3.8, 4) is 11.1 Å². The van der Waals surface area contributed by atoms with Crippen LogP contribution in [0.2, 0.25) is 0 Å². The molecular weight excluding hydrogens is 466 g/mol. The largest absolute Gasteiger partial charge is 0.378 e. The van der Waals surface area contributed by atoms with Crippen molar-refractivity contribution < 1.29 is 9.53 Å². The lowest BCUT2D eigenvalue weighted by molar-refractivity contribution is -0.116. The normalized spacial score (nSPS) is 19.1. The molecule has 2 saturated heterocycles. The number of para-hydroxylation sites is 1. The first-order valence-corrected chi connectivity index (χ1v) is 13.1. The molecule has 2 fully saturated rings. The summed E-state index contributed by atoms with van der Waals surface area (Å²) < 4.78 is 7.50. The van der Waals surface area contributed by atoms with Gasteiger partial charge in [-0.05, 0) is 45.7 Å². The average molecular weight is 504 g/mol. The number of rotatable bonds is 7. The Kier molecular flexibility index (Phi) is 7.26. The Morgan fingerprint density at radius 2 is 1.65 bits per heavy atom. The Hall–Kier alpha value is -3.30. The zero-order valence-corrected chi connectivity index (χ0v) is 22.3. The molecule has 0 N–H and O–H groups in total. The van der Waals surface area contributed by atoms with Crippen molar-refractivity contribution in [3.05, 3.63) is 54.1 Å². The molecule has 1 unspecified atom stereocenters. The molecular formula is C28H37N7O2. The quantitative estimate of drug-likeness (QED) is 0.454. The van der Waals surface area contributed by atoms with Crippen molar-refractivity contribution in [1.82, 2.24) is 24.6 Å². The highest BCUT2D eigenvalue weighted by atomic mass is 16.5. The van der Waals surface area contributed by atoms with Crippen LogP contribution < -0.4 is 9.80 Å². The monoisotopic (exact) mass is 503 g/mol. The van der Waals surface area contributed by atoms with Crippen molar-refractivity contribution >= 4 is 17.9 Å². The fraction of sp³-hybridized carbons (Fsp3) is 0.500. The number of ether oxygens (including phenoxy) is 1. The Morgan fingerprint density at radius 3 is 2.24 bits per heavy atom. The Bertz CT molecular complexity index is 1210. The molecule has 37 heavy (non-hydrogen) atoms. The third-order valence-corrected chi connectivity index (χ3v) is 7.90. The molecule has 0 aliphatic carbocycles. The van der Waals surface area contributed by atoms with Crippen LogP contribution in [0, 0.1) is 13.8 Å². The zero-order valence-electron chi connectivity index (χ0n) is 22.3. The fourth-order valence-electron chi connectivity index (χ4n) is 5.44. The summed E-state index contributed by atoms with van der Waals surface area (Å²) in [6, 6.07) is 10.4. The van der Waals surface area contributed by atoms with Crippen LogP contribution in [0.15, 0.2) is 42.7 Å². The molecule has 1 aromatic carbocycles. The summed E-state index contributed by atoms with van der Waals surface area (Å²) in [5, 5.41) is 4.55. The van der Waals surface area contributed by atoms with Crippen LogP contribution in [0.5, 0.6) is 0 Å². The number of aryl methyl sites for hydroxylation is 2. The molecule has 1 atom stereocenters. The number of carbonyl (C=O) groups is 1. The van der Waals surface area contributed by atoms with E-state index in [0.717, 1.165) is 86.9 Å². The number of hydrogen-bond acceptors (Lipinski definition) is 8. The number of piperazine rings is 1. The summed E-state index contributed by atoms with van der Waals surface area (Å²) in [5.41, 5.74) is 5.18. The number of benzene rings is 1. The Labute approximate surface area is 219 Å². The van der Waals surface area contributed by atoms with Crippen LogP contribution in [0.3, 0.4) is 0 Å². The summed E-state index contributed by atoms with van der Waals surface area (Å²) in [7, 11) is 1.79. The number of hydrogen-bond donors (Lipinski definition) is 0. The first-order valence-electron chi connectivity index (χ1n) is 13.1. The van der Waals surface area contributed by atoms with Crippen LogP contribution in [0.1, 0.15) is 37.3 Å². The van der Waals surface area contributed by atoms with E-state index in [1.807, 2.05) is 37.0 Å². The zero-order chi connectivity index (χ0) is 26.0. The smallest absolute Gasteiger partial charge is 0.225 e. The maximum absolute atomic E-state index is 12.0. The lowest BCUT2D eigenvalue weighted by atomic mass is 9.93. The summed E-state index contributed by atoms with van der Waals surface area (Å²) in [6.45, 7) is 11.1. The first-order chi connectivity index (χ1) is 17.9. The van der Waals surface area contributed by atoms with Crippen molar-refractivity contribution in [2.45, 2.75) is 45.4 Å². The minimum Gasteiger partial charge on any atom is -0.378 e. The van der Waals surface area contributed by atoms with Gasteiger partial charge in [-0.1, -0.05) is 18.2 Å². The number of carbonyl (C=O) groups excluding carboxylic acids is 1.